The molecule has 0 radical (unpaired) electrons. The Balaban J connectivity index is 2.01. The molecule has 5 rings (SSSR count). The molecule has 1 aromatic heterocycles. The Bertz CT molecular complexity index is 1200. The lowest BCUT2D eigenvalue weighted by atomic mass is 9.78. The largest absolute Gasteiger partial charge is 0.247 e. The number of pyridine rings is 1. The lowest BCUT2D eigenvalue weighted by molar-refractivity contribution is 0.655. The molecule has 3 aromatic carbocycles. The van der Waals surface area contributed by atoms with E-state index in [0.29, 0.717) is 0 Å². The normalized spacial score (nSPS) is 14.2. The van der Waals surface area contributed by atoms with Crippen LogP contribution < -0.4 is 0 Å². The maximum absolute atomic E-state index is 5.15. The Morgan fingerprint density at radius 1 is 0.778 bits per heavy atom. The average Bonchev–Trinajstić information content (AvgIpc) is 2.90. The van der Waals surface area contributed by atoms with Crippen molar-refractivity contribution < 1.29 is 0 Å². The van der Waals surface area contributed by atoms with E-state index in [1.54, 1.807) is 0 Å². The molecule has 132 valence electrons. The summed E-state index contributed by atoms with van der Waals surface area (Å²) in [6.45, 7) is 9.14. The van der Waals surface area contributed by atoms with Crippen molar-refractivity contribution in [2.45, 2.75) is 33.1 Å². The van der Waals surface area contributed by atoms with Crippen molar-refractivity contribution in [3.63, 3.8) is 0 Å². The van der Waals surface area contributed by atoms with E-state index in [1.165, 1.54) is 44.3 Å². The van der Waals surface area contributed by atoms with E-state index in [-0.39, 0.29) is 5.41 Å². The van der Waals surface area contributed by atoms with Crippen LogP contribution in [0, 0.1) is 13.8 Å². The van der Waals surface area contributed by atoms with Crippen LogP contribution in [-0.2, 0) is 5.41 Å². The third kappa shape index (κ3) is 2.21. The molecule has 0 N–H and O–H groups in total. The Hall–Kier alpha value is -2.93. The lowest BCUT2D eigenvalue weighted by Gasteiger charge is -2.25. The molecule has 0 atom stereocenters. The summed E-state index contributed by atoms with van der Waals surface area (Å²) in [6.07, 6.45) is 0. The first kappa shape index (κ1) is 16.3. The van der Waals surface area contributed by atoms with E-state index in [4.69, 9.17) is 4.98 Å². The molecular weight excluding hydrogens is 326 g/mol. The second-order valence-corrected chi connectivity index (χ2v) is 8.22. The summed E-state index contributed by atoms with van der Waals surface area (Å²) in [5, 5.41) is 1.25. The molecule has 0 amide bonds. The summed E-state index contributed by atoms with van der Waals surface area (Å²) in [4.78, 5) is 5.15. The molecule has 1 nitrogen and oxygen atoms in total. The molecule has 1 heteroatoms. The molecule has 0 bridgehead atoms. The molecule has 1 aliphatic carbocycles. The maximum atomic E-state index is 5.15. The van der Waals surface area contributed by atoms with Crippen molar-refractivity contribution >= 4 is 10.9 Å². The van der Waals surface area contributed by atoms with Crippen LogP contribution >= 0.6 is 0 Å². The molecule has 0 saturated carbocycles. The van der Waals surface area contributed by atoms with E-state index >= 15 is 0 Å². The minimum Gasteiger partial charge on any atom is -0.247 e. The zero-order valence-corrected chi connectivity index (χ0v) is 16.3. The van der Waals surface area contributed by atoms with Crippen molar-refractivity contribution in [2.75, 3.05) is 0 Å². The number of hydrogen-bond donors (Lipinski definition) is 0. The van der Waals surface area contributed by atoms with Gasteiger partial charge in [-0.05, 0) is 47.7 Å². The summed E-state index contributed by atoms with van der Waals surface area (Å²) >= 11 is 0. The van der Waals surface area contributed by atoms with Crippen LogP contribution in [0.25, 0.3) is 33.3 Å². The smallest absolute Gasteiger partial charge is 0.0756 e. The molecule has 0 spiro atoms. The number of benzene rings is 3. The van der Waals surface area contributed by atoms with Gasteiger partial charge in [0.2, 0.25) is 0 Å². The fraction of sp³-hybridized carbons (Fsp3) is 0.192. The van der Waals surface area contributed by atoms with Crippen LogP contribution in [-0.4, -0.2) is 4.98 Å². The van der Waals surface area contributed by atoms with Gasteiger partial charge < -0.3 is 0 Å². The van der Waals surface area contributed by atoms with Crippen LogP contribution in [0.4, 0.5) is 0 Å². The standard InChI is InChI=1S/C26H23N/c1-16-14-17(2)23-20(15-16)22-19-12-8-9-13-21(19)27-25(24(22)26(23,3)4)18-10-6-5-7-11-18/h5-15H,1-4H3. The van der Waals surface area contributed by atoms with E-state index < -0.39 is 0 Å². The van der Waals surface area contributed by atoms with Crippen LogP contribution in [0.3, 0.4) is 0 Å². The summed E-state index contributed by atoms with van der Waals surface area (Å²) < 4.78 is 0. The Kier molecular flexibility index (Phi) is 3.33. The van der Waals surface area contributed by atoms with Gasteiger partial charge >= 0.3 is 0 Å². The van der Waals surface area contributed by atoms with Crippen molar-refractivity contribution in [3.05, 3.63) is 89.0 Å². The van der Waals surface area contributed by atoms with Crippen LogP contribution in [0.2, 0.25) is 0 Å². The molecular formula is C26H23N. The summed E-state index contributed by atoms with van der Waals surface area (Å²) in [5.41, 5.74) is 11.5. The van der Waals surface area contributed by atoms with Crippen molar-refractivity contribution in [1.29, 1.82) is 0 Å². The molecule has 0 unspecified atom stereocenters. The summed E-state index contributed by atoms with van der Waals surface area (Å²) in [7, 11) is 0. The van der Waals surface area contributed by atoms with E-state index in [0.717, 1.165) is 11.2 Å². The second-order valence-electron chi connectivity index (χ2n) is 8.22. The number of hydrogen-bond acceptors (Lipinski definition) is 1. The number of nitrogens with zero attached hydrogens (tertiary/aromatic N) is 1. The van der Waals surface area contributed by atoms with Gasteiger partial charge in [-0.1, -0.05) is 80.1 Å². The first-order valence-corrected chi connectivity index (χ1v) is 9.59. The first-order valence-electron chi connectivity index (χ1n) is 9.59. The van der Waals surface area contributed by atoms with Gasteiger partial charge in [-0.2, -0.15) is 0 Å². The highest BCUT2D eigenvalue weighted by Crippen LogP contribution is 2.55. The van der Waals surface area contributed by atoms with Gasteiger partial charge in [-0.15, -0.1) is 0 Å². The fourth-order valence-corrected chi connectivity index (χ4v) is 5.02. The topological polar surface area (TPSA) is 12.9 Å². The van der Waals surface area contributed by atoms with Gasteiger partial charge in [-0.25, -0.2) is 4.98 Å². The Morgan fingerprint density at radius 2 is 1.48 bits per heavy atom. The van der Waals surface area contributed by atoms with E-state index in [2.05, 4.69) is 94.4 Å². The third-order valence-corrected chi connectivity index (χ3v) is 5.94. The first-order chi connectivity index (χ1) is 13.0. The third-order valence-electron chi connectivity index (χ3n) is 5.94. The summed E-state index contributed by atoms with van der Waals surface area (Å²) in [5.74, 6) is 0. The van der Waals surface area contributed by atoms with Crippen molar-refractivity contribution in [3.8, 4) is 22.4 Å². The highest BCUT2D eigenvalue weighted by molar-refractivity contribution is 6.04. The van der Waals surface area contributed by atoms with E-state index in [9.17, 15) is 0 Å². The van der Waals surface area contributed by atoms with Gasteiger partial charge in [0.05, 0.1) is 11.2 Å². The predicted octanol–water partition coefficient (Wildman–Crippen LogP) is 6.82. The number of aryl methyl sites for hydroxylation is 2. The number of rotatable bonds is 1. The lowest BCUT2D eigenvalue weighted by Crippen LogP contribution is -2.18. The molecule has 1 aliphatic rings. The molecule has 4 aromatic rings. The molecule has 1 heterocycles. The van der Waals surface area contributed by atoms with Gasteiger partial charge in [0.15, 0.2) is 0 Å². The van der Waals surface area contributed by atoms with Gasteiger partial charge in [0.1, 0.15) is 0 Å². The van der Waals surface area contributed by atoms with Gasteiger partial charge in [0, 0.05) is 16.4 Å². The van der Waals surface area contributed by atoms with E-state index in [1.807, 2.05) is 0 Å². The molecule has 0 fully saturated rings. The molecule has 0 aliphatic heterocycles. The quantitative estimate of drug-likeness (QED) is 0.367. The molecule has 27 heavy (non-hydrogen) atoms. The Labute approximate surface area is 160 Å². The minimum absolute atomic E-state index is 0.0787. The maximum Gasteiger partial charge on any atom is 0.0756 e. The predicted molar refractivity (Wildman–Crippen MR) is 114 cm³/mol. The van der Waals surface area contributed by atoms with Crippen LogP contribution in [0.15, 0.2) is 66.7 Å². The number of aromatic nitrogens is 1. The zero-order valence-electron chi connectivity index (χ0n) is 16.3. The van der Waals surface area contributed by atoms with Gasteiger partial charge in [0.25, 0.3) is 0 Å². The monoisotopic (exact) mass is 349 g/mol. The van der Waals surface area contributed by atoms with Gasteiger partial charge in [-0.3, -0.25) is 0 Å². The zero-order chi connectivity index (χ0) is 18.8. The summed E-state index contributed by atoms with van der Waals surface area (Å²) in [6, 6.07) is 23.8. The van der Waals surface area contributed by atoms with Crippen LogP contribution in [0.5, 0.6) is 0 Å². The number of fused-ring (bicyclic) bond motifs is 5. The second kappa shape index (κ2) is 5.53. The molecule has 0 saturated heterocycles. The average molecular weight is 349 g/mol. The van der Waals surface area contributed by atoms with Crippen molar-refractivity contribution in [1.82, 2.24) is 4.98 Å². The minimum atomic E-state index is -0.0787. The highest BCUT2D eigenvalue weighted by atomic mass is 14.7. The Morgan fingerprint density at radius 3 is 2.26 bits per heavy atom. The van der Waals surface area contributed by atoms with Crippen LogP contribution in [0.1, 0.15) is 36.1 Å². The highest BCUT2D eigenvalue weighted by Gasteiger charge is 2.40. The van der Waals surface area contributed by atoms with Crippen molar-refractivity contribution in [2.24, 2.45) is 0 Å². The number of para-hydroxylation sites is 1. The fourth-order valence-electron chi connectivity index (χ4n) is 5.02. The SMILES string of the molecule is Cc1cc(C)c2c(c1)-c1c(c(-c3ccccc3)nc3ccccc13)C2(C)C.